The number of hydrogen-bond donors (Lipinski definition) is 2. The van der Waals surface area contributed by atoms with Gasteiger partial charge in [0.1, 0.15) is 4.88 Å². The third-order valence-electron chi connectivity index (χ3n) is 2.37. The SMILES string of the molecule is Cc1ccc(C(=O)Nc2c(C)csc2C(=O)O)s1. The molecule has 0 spiro atoms. The molecule has 18 heavy (non-hydrogen) atoms. The van der Waals surface area contributed by atoms with Gasteiger partial charge in [0.15, 0.2) is 0 Å². The zero-order valence-corrected chi connectivity index (χ0v) is 11.4. The van der Waals surface area contributed by atoms with E-state index in [2.05, 4.69) is 5.32 Å². The van der Waals surface area contributed by atoms with Crippen molar-refractivity contribution in [3.8, 4) is 0 Å². The van der Waals surface area contributed by atoms with Gasteiger partial charge in [0.05, 0.1) is 10.6 Å². The molecule has 0 radical (unpaired) electrons. The Morgan fingerprint density at radius 1 is 1.28 bits per heavy atom. The highest BCUT2D eigenvalue weighted by Crippen LogP contribution is 2.28. The van der Waals surface area contributed by atoms with Crippen LogP contribution >= 0.6 is 22.7 Å². The molecule has 94 valence electrons. The molecule has 4 nitrogen and oxygen atoms in total. The molecule has 0 atom stereocenters. The van der Waals surface area contributed by atoms with Crippen molar-refractivity contribution in [2.45, 2.75) is 13.8 Å². The lowest BCUT2D eigenvalue weighted by molar-refractivity contribution is 0.0703. The van der Waals surface area contributed by atoms with Crippen molar-refractivity contribution in [3.63, 3.8) is 0 Å². The smallest absolute Gasteiger partial charge is 0.348 e. The maximum Gasteiger partial charge on any atom is 0.348 e. The Bertz CT molecular complexity index is 613. The zero-order valence-electron chi connectivity index (χ0n) is 9.81. The summed E-state index contributed by atoms with van der Waals surface area (Å²) in [5.74, 6) is -1.29. The Morgan fingerprint density at radius 2 is 2.00 bits per heavy atom. The van der Waals surface area contributed by atoms with Crippen molar-refractivity contribution in [3.05, 3.63) is 37.7 Å². The van der Waals surface area contributed by atoms with E-state index in [1.165, 1.54) is 11.3 Å². The fraction of sp³-hybridized carbons (Fsp3) is 0.167. The summed E-state index contributed by atoms with van der Waals surface area (Å²) in [6.45, 7) is 3.69. The molecule has 0 unspecified atom stereocenters. The summed E-state index contributed by atoms with van der Waals surface area (Å²) < 4.78 is 0. The van der Waals surface area contributed by atoms with Gasteiger partial charge in [0.2, 0.25) is 0 Å². The summed E-state index contributed by atoms with van der Waals surface area (Å²) >= 11 is 2.50. The summed E-state index contributed by atoms with van der Waals surface area (Å²) in [4.78, 5) is 24.8. The van der Waals surface area contributed by atoms with E-state index in [1.54, 1.807) is 18.4 Å². The maximum atomic E-state index is 12.0. The number of aromatic carboxylic acids is 1. The number of carbonyl (C=O) groups is 2. The van der Waals surface area contributed by atoms with E-state index < -0.39 is 5.97 Å². The van der Waals surface area contributed by atoms with Gasteiger partial charge in [-0.3, -0.25) is 4.79 Å². The third kappa shape index (κ3) is 2.44. The second-order valence-electron chi connectivity index (χ2n) is 3.79. The second kappa shape index (κ2) is 4.91. The molecular formula is C12H11NO3S2. The van der Waals surface area contributed by atoms with Gasteiger partial charge >= 0.3 is 5.97 Å². The van der Waals surface area contributed by atoms with E-state index in [0.29, 0.717) is 10.6 Å². The van der Waals surface area contributed by atoms with Crippen LogP contribution in [0.15, 0.2) is 17.5 Å². The van der Waals surface area contributed by atoms with Crippen LogP contribution in [0, 0.1) is 13.8 Å². The number of anilines is 1. The quantitative estimate of drug-likeness (QED) is 0.906. The minimum atomic E-state index is -1.02. The van der Waals surface area contributed by atoms with E-state index in [0.717, 1.165) is 21.8 Å². The van der Waals surface area contributed by atoms with Gasteiger partial charge in [-0.15, -0.1) is 22.7 Å². The number of nitrogens with one attached hydrogen (secondary N) is 1. The largest absolute Gasteiger partial charge is 0.477 e. The molecule has 2 N–H and O–H groups in total. The third-order valence-corrected chi connectivity index (χ3v) is 4.46. The van der Waals surface area contributed by atoms with E-state index in [4.69, 9.17) is 5.11 Å². The number of carboxylic acid groups (broad SMARTS) is 1. The van der Waals surface area contributed by atoms with E-state index in [-0.39, 0.29) is 10.8 Å². The van der Waals surface area contributed by atoms with Gasteiger partial charge in [-0.1, -0.05) is 0 Å². The highest BCUT2D eigenvalue weighted by Gasteiger charge is 2.18. The first-order valence-corrected chi connectivity index (χ1v) is 6.88. The minimum Gasteiger partial charge on any atom is -0.477 e. The monoisotopic (exact) mass is 281 g/mol. The number of amides is 1. The Hall–Kier alpha value is -1.66. The van der Waals surface area contributed by atoms with Crippen LogP contribution in [-0.4, -0.2) is 17.0 Å². The number of hydrogen-bond acceptors (Lipinski definition) is 4. The number of carboxylic acids is 1. The van der Waals surface area contributed by atoms with Crippen molar-refractivity contribution in [2.75, 3.05) is 5.32 Å². The van der Waals surface area contributed by atoms with Crippen molar-refractivity contribution in [1.82, 2.24) is 0 Å². The van der Waals surface area contributed by atoms with Gasteiger partial charge in [-0.25, -0.2) is 4.79 Å². The maximum absolute atomic E-state index is 12.0. The van der Waals surface area contributed by atoms with Crippen LogP contribution in [0.25, 0.3) is 0 Å². The number of rotatable bonds is 3. The van der Waals surface area contributed by atoms with Crippen LogP contribution in [0.5, 0.6) is 0 Å². The van der Waals surface area contributed by atoms with Crippen LogP contribution in [-0.2, 0) is 0 Å². The molecule has 1 amide bonds. The van der Waals surface area contributed by atoms with Crippen LogP contribution in [0.3, 0.4) is 0 Å². The van der Waals surface area contributed by atoms with Crippen LogP contribution in [0.4, 0.5) is 5.69 Å². The molecular weight excluding hydrogens is 270 g/mol. The van der Waals surface area contributed by atoms with Gasteiger partial charge in [0.25, 0.3) is 5.91 Å². The van der Waals surface area contributed by atoms with Crippen LogP contribution in [0.2, 0.25) is 0 Å². The summed E-state index contributed by atoms with van der Waals surface area (Å²) in [5.41, 5.74) is 1.16. The Morgan fingerprint density at radius 3 is 2.56 bits per heavy atom. The molecule has 0 fully saturated rings. The Labute approximate surface area is 112 Å². The van der Waals surface area contributed by atoms with Gasteiger partial charge in [-0.2, -0.15) is 0 Å². The van der Waals surface area contributed by atoms with E-state index >= 15 is 0 Å². The van der Waals surface area contributed by atoms with Gasteiger partial charge in [-0.05, 0) is 36.9 Å². The van der Waals surface area contributed by atoms with Gasteiger partial charge in [0, 0.05) is 4.88 Å². The molecule has 0 aliphatic rings. The number of carbonyl (C=O) groups excluding carboxylic acids is 1. The van der Waals surface area contributed by atoms with Crippen molar-refractivity contribution < 1.29 is 14.7 Å². The highest BCUT2D eigenvalue weighted by molar-refractivity contribution is 7.14. The first-order chi connectivity index (χ1) is 8.49. The van der Waals surface area contributed by atoms with E-state index in [1.807, 2.05) is 13.0 Å². The lowest BCUT2D eigenvalue weighted by Gasteiger charge is -2.04. The summed E-state index contributed by atoms with van der Waals surface area (Å²) in [7, 11) is 0. The molecule has 2 aromatic heterocycles. The predicted molar refractivity (Wildman–Crippen MR) is 73.0 cm³/mol. The van der Waals surface area contributed by atoms with Crippen molar-refractivity contribution in [1.29, 1.82) is 0 Å². The first kappa shape index (κ1) is 12.8. The lowest BCUT2D eigenvalue weighted by atomic mass is 10.2. The lowest BCUT2D eigenvalue weighted by Crippen LogP contribution is -2.12. The Kier molecular flexibility index (Phi) is 3.49. The average Bonchev–Trinajstić information content (AvgIpc) is 2.87. The molecule has 2 aromatic rings. The normalized spacial score (nSPS) is 10.3. The predicted octanol–water partition coefficient (Wildman–Crippen LogP) is 3.38. The zero-order chi connectivity index (χ0) is 13.3. The molecule has 0 saturated heterocycles. The Balaban J connectivity index is 2.27. The minimum absolute atomic E-state index is 0.161. The summed E-state index contributed by atoms with van der Waals surface area (Å²) in [6, 6.07) is 3.59. The molecule has 0 aliphatic carbocycles. The van der Waals surface area contributed by atoms with Crippen molar-refractivity contribution in [2.24, 2.45) is 0 Å². The molecule has 2 heterocycles. The number of thiophene rings is 2. The summed E-state index contributed by atoms with van der Waals surface area (Å²) in [5, 5.41) is 13.4. The number of aryl methyl sites for hydroxylation is 2. The topological polar surface area (TPSA) is 66.4 Å². The molecule has 0 saturated carbocycles. The standard InChI is InChI=1S/C12H11NO3S2/c1-6-5-17-10(12(15)16)9(6)13-11(14)8-4-3-7(2)18-8/h3-5H,1-2H3,(H,13,14)(H,15,16). The molecule has 2 rings (SSSR count). The van der Waals surface area contributed by atoms with E-state index in [9.17, 15) is 9.59 Å². The molecule has 0 bridgehead atoms. The van der Waals surface area contributed by atoms with Crippen LogP contribution in [0.1, 0.15) is 29.8 Å². The first-order valence-electron chi connectivity index (χ1n) is 5.18. The summed E-state index contributed by atoms with van der Waals surface area (Å²) in [6.07, 6.45) is 0. The molecule has 0 aromatic carbocycles. The average molecular weight is 281 g/mol. The highest BCUT2D eigenvalue weighted by atomic mass is 32.1. The fourth-order valence-electron chi connectivity index (χ4n) is 1.49. The van der Waals surface area contributed by atoms with Crippen molar-refractivity contribution >= 4 is 40.2 Å². The van der Waals surface area contributed by atoms with Gasteiger partial charge < -0.3 is 10.4 Å². The molecule has 6 heteroatoms. The molecule has 0 aliphatic heterocycles. The fourth-order valence-corrected chi connectivity index (χ4v) is 3.09. The second-order valence-corrected chi connectivity index (χ2v) is 5.96. The van der Waals surface area contributed by atoms with Crippen LogP contribution < -0.4 is 5.32 Å².